The molecule has 1 aliphatic rings. The fourth-order valence-electron chi connectivity index (χ4n) is 2.92. The van der Waals surface area contributed by atoms with Crippen molar-refractivity contribution >= 4 is 0 Å². The fourth-order valence-corrected chi connectivity index (χ4v) is 2.92. The van der Waals surface area contributed by atoms with Gasteiger partial charge in [0.1, 0.15) is 5.82 Å². The first kappa shape index (κ1) is 13.5. The normalized spacial score (nSPS) is 17.7. The van der Waals surface area contributed by atoms with Gasteiger partial charge in [-0.1, -0.05) is 25.7 Å². The third kappa shape index (κ3) is 3.08. The van der Waals surface area contributed by atoms with Crippen LogP contribution in [0, 0.1) is 13.8 Å². The Morgan fingerprint density at radius 2 is 1.56 bits per heavy atom. The molecular formula is C15H25N3. The molecule has 1 saturated carbocycles. The van der Waals surface area contributed by atoms with Gasteiger partial charge in [-0.15, -0.1) is 0 Å². The van der Waals surface area contributed by atoms with Crippen LogP contribution in [0.15, 0.2) is 0 Å². The van der Waals surface area contributed by atoms with Gasteiger partial charge in [0.05, 0.1) is 0 Å². The van der Waals surface area contributed by atoms with Gasteiger partial charge in [0.2, 0.25) is 0 Å². The second-order valence-electron chi connectivity index (χ2n) is 5.45. The maximum Gasteiger partial charge on any atom is 0.131 e. The predicted octanol–water partition coefficient (Wildman–Crippen LogP) is 3.25. The van der Waals surface area contributed by atoms with Crippen LogP contribution in [-0.4, -0.2) is 17.0 Å². The number of hydrogen-bond donors (Lipinski definition) is 1. The van der Waals surface area contributed by atoms with E-state index < -0.39 is 0 Å². The predicted molar refractivity (Wildman–Crippen MR) is 74.7 cm³/mol. The zero-order valence-corrected chi connectivity index (χ0v) is 11.9. The van der Waals surface area contributed by atoms with Gasteiger partial charge in [0.25, 0.3) is 0 Å². The van der Waals surface area contributed by atoms with Gasteiger partial charge in [0, 0.05) is 29.4 Å². The van der Waals surface area contributed by atoms with Crippen molar-refractivity contribution in [1.82, 2.24) is 15.3 Å². The molecule has 2 rings (SSSR count). The molecule has 0 spiro atoms. The second-order valence-corrected chi connectivity index (χ2v) is 5.45. The maximum absolute atomic E-state index is 4.77. The Bertz CT molecular complexity index is 370. The minimum absolute atomic E-state index is 0.591. The molecule has 1 N–H and O–H groups in total. The van der Waals surface area contributed by atoms with Gasteiger partial charge < -0.3 is 5.32 Å². The van der Waals surface area contributed by atoms with Crippen molar-refractivity contribution in [1.29, 1.82) is 0 Å². The van der Waals surface area contributed by atoms with E-state index in [1.165, 1.54) is 44.1 Å². The number of aryl methyl sites for hydroxylation is 2. The minimum atomic E-state index is 0.591. The molecule has 0 aromatic carbocycles. The summed E-state index contributed by atoms with van der Waals surface area (Å²) < 4.78 is 0. The van der Waals surface area contributed by atoms with Crippen LogP contribution in [0.25, 0.3) is 0 Å². The Labute approximate surface area is 110 Å². The van der Waals surface area contributed by atoms with Gasteiger partial charge in [0.15, 0.2) is 0 Å². The molecule has 3 heteroatoms. The summed E-state index contributed by atoms with van der Waals surface area (Å²) in [6, 6.07) is 0. The first-order valence-electron chi connectivity index (χ1n) is 7.21. The Balaban J connectivity index is 2.23. The average molecular weight is 247 g/mol. The van der Waals surface area contributed by atoms with Crippen LogP contribution in [0.1, 0.15) is 67.2 Å². The number of rotatable bonds is 3. The summed E-state index contributed by atoms with van der Waals surface area (Å²) in [6.07, 6.45) is 7.97. The van der Waals surface area contributed by atoms with Gasteiger partial charge in [-0.2, -0.15) is 0 Å². The minimum Gasteiger partial charge on any atom is -0.316 e. The highest BCUT2D eigenvalue weighted by molar-refractivity contribution is 5.25. The van der Waals surface area contributed by atoms with E-state index in [-0.39, 0.29) is 0 Å². The number of nitrogens with one attached hydrogen (secondary N) is 1. The molecule has 1 aliphatic carbocycles. The Hall–Kier alpha value is -0.960. The lowest BCUT2D eigenvalue weighted by Crippen LogP contribution is -2.14. The molecule has 0 aliphatic heterocycles. The summed E-state index contributed by atoms with van der Waals surface area (Å²) in [5.41, 5.74) is 3.56. The lowest BCUT2D eigenvalue weighted by molar-refractivity contribution is 0.554. The van der Waals surface area contributed by atoms with E-state index in [9.17, 15) is 0 Å². The summed E-state index contributed by atoms with van der Waals surface area (Å²) in [5, 5.41) is 3.19. The van der Waals surface area contributed by atoms with Crippen LogP contribution in [0.3, 0.4) is 0 Å². The van der Waals surface area contributed by atoms with Crippen molar-refractivity contribution in [3.8, 4) is 0 Å². The third-order valence-electron chi connectivity index (χ3n) is 4.01. The van der Waals surface area contributed by atoms with Crippen LogP contribution >= 0.6 is 0 Å². The Morgan fingerprint density at radius 3 is 2.06 bits per heavy atom. The van der Waals surface area contributed by atoms with Crippen molar-refractivity contribution < 1.29 is 0 Å². The average Bonchev–Trinajstić information content (AvgIpc) is 2.62. The van der Waals surface area contributed by atoms with E-state index in [1.807, 2.05) is 7.05 Å². The van der Waals surface area contributed by atoms with Crippen molar-refractivity contribution in [3.05, 3.63) is 22.8 Å². The molecule has 0 atom stereocenters. The topological polar surface area (TPSA) is 37.8 Å². The summed E-state index contributed by atoms with van der Waals surface area (Å²) >= 11 is 0. The SMILES string of the molecule is CNCc1c(C)nc(C2CCCCCC2)nc1C. The fraction of sp³-hybridized carbons (Fsp3) is 0.733. The second kappa shape index (κ2) is 6.28. The van der Waals surface area contributed by atoms with Gasteiger partial charge in [-0.05, 0) is 33.7 Å². The molecule has 3 nitrogen and oxygen atoms in total. The Morgan fingerprint density at radius 1 is 1.00 bits per heavy atom. The van der Waals surface area contributed by atoms with Crippen molar-refractivity contribution in [2.75, 3.05) is 7.05 Å². The molecular weight excluding hydrogens is 222 g/mol. The first-order valence-corrected chi connectivity index (χ1v) is 7.21. The van der Waals surface area contributed by atoms with Crippen LogP contribution in [0.4, 0.5) is 0 Å². The monoisotopic (exact) mass is 247 g/mol. The van der Waals surface area contributed by atoms with E-state index in [0.29, 0.717) is 5.92 Å². The molecule has 0 amide bonds. The maximum atomic E-state index is 4.77. The molecule has 18 heavy (non-hydrogen) atoms. The van der Waals surface area contributed by atoms with Gasteiger partial charge >= 0.3 is 0 Å². The standard InChI is InChI=1S/C15H25N3/c1-11-14(10-16-3)12(2)18-15(17-11)13-8-6-4-5-7-9-13/h13,16H,4-10H2,1-3H3. The molecule has 100 valence electrons. The molecule has 0 saturated heterocycles. The Kier molecular flexibility index (Phi) is 4.70. The summed E-state index contributed by atoms with van der Waals surface area (Å²) in [4.78, 5) is 9.53. The summed E-state index contributed by atoms with van der Waals surface area (Å²) in [7, 11) is 1.97. The van der Waals surface area contributed by atoms with Crippen LogP contribution < -0.4 is 5.32 Å². The van der Waals surface area contributed by atoms with Crippen LogP contribution in [0.5, 0.6) is 0 Å². The molecule has 0 bridgehead atoms. The largest absolute Gasteiger partial charge is 0.316 e. The molecule has 1 aromatic heterocycles. The lowest BCUT2D eigenvalue weighted by Gasteiger charge is -2.16. The molecule has 1 heterocycles. The van der Waals surface area contributed by atoms with E-state index >= 15 is 0 Å². The van der Waals surface area contributed by atoms with E-state index in [2.05, 4.69) is 19.2 Å². The smallest absolute Gasteiger partial charge is 0.131 e. The van der Waals surface area contributed by atoms with Crippen LogP contribution in [-0.2, 0) is 6.54 Å². The van der Waals surface area contributed by atoms with E-state index in [4.69, 9.17) is 9.97 Å². The van der Waals surface area contributed by atoms with Gasteiger partial charge in [-0.25, -0.2) is 9.97 Å². The third-order valence-corrected chi connectivity index (χ3v) is 4.01. The molecule has 0 unspecified atom stereocenters. The zero-order chi connectivity index (χ0) is 13.0. The summed E-state index contributed by atoms with van der Waals surface area (Å²) in [6.45, 7) is 5.09. The highest BCUT2D eigenvalue weighted by atomic mass is 14.9. The van der Waals surface area contributed by atoms with Crippen molar-refractivity contribution in [2.24, 2.45) is 0 Å². The molecule has 1 fully saturated rings. The van der Waals surface area contributed by atoms with Gasteiger partial charge in [-0.3, -0.25) is 0 Å². The van der Waals surface area contributed by atoms with Crippen LogP contribution in [0.2, 0.25) is 0 Å². The van der Waals surface area contributed by atoms with Crippen molar-refractivity contribution in [3.63, 3.8) is 0 Å². The highest BCUT2D eigenvalue weighted by Crippen LogP contribution is 2.30. The number of aromatic nitrogens is 2. The zero-order valence-electron chi connectivity index (χ0n) is 11.9. The van der Waals surface area contributed by atoms with E-state index in [1.54, 1.807) is 0 Å². The quantitative estimate of drug-likeness (QED) is 0.833. The lowest BCUT2D eigenvalue weighted by atomic mass is 9.99. The molecule has 1 aromatic rings. The van der Waals surface area contributed by atoms with Crippen molar-refractivity contribution in [2.45, 2.75) is 64.8 Å². The highest BCUT2D eigenvalue weighted by Gasteiger charge is 2.18. The van der Waals surface area contributed by atoms with E-state index in [0.717, 1.165) is 23.8 Å². The first-order chi connectivity index (χ1) is 8.72. The molecule has 0 radical (unpaired) electrons. The summed E-state index contributed by atoms with van der Waals surface area (Å²) in [5.74, 6) is 1.68. The number of nitrogens with zero attached hydrogens (tertiary/aromatic N) is 2. The number of hydrogen-bond acceptors (Lipinski definition) is 3.